The highest BCUT2D eigenvalue weighted by Gasteiger charge is 2.22. The van der Waals surface area contributed by atoms with E-state index in [9.17, 15) is 13.2 Å². The van der Waals surface area contributed by atoms with E-state index in [0.717, 1.165) is 25.8 Å². The molecule has 0 aliphatic carbocycles. The Morgan fingerprint density at radius 2 is 2.29 bits per heavy atom. The monoisotopic (exact) mass is 350 g/mol. The van der Waals surface area contributed by atoms with E-state index in [-0.39, 0.29) is 16.8 Å². The number of hydrogen-bond acceptors (Lipinski definition) is 5. The third-order valence-electron chi connectivity index (χ3n) is 4.30. The summed E-state index contributed by atoms with van der Waals surface area (Å²) in [5.74, 6) is 0.238. The van der Waals surface area contributed by atoms with Crippen molar-refractivity contribution in [1.82, 2.24) is 20.0 Å². The average molecular weight is 350 g/mol. The summed E-state index contributed by atoms with van der Waals surface area (Å²) >= 11 is 0. The zero-order chi connectivity index (χ0) is 17.2. The highest BCUT2D eigenvalue weighted by molar-refractivity contribution is 7.90. The van der Waals surface area contributed by atoms with Crippen LogP contribution in [0.1, 0.15) is 29.8 Å². The molecule has 1 atom stereocenters. The topological polar surface area (TPSA) is 92.6 Å². The summed E-state index contributed by atoms with van der Waals surface area (Å²) in [5, 5.41) is 6.11. The lowest BCUT2D eigenvalue weighted by molar-refractivity contribution is 0.0947. The van der Waals surface area contributed by atoms with Gasteiger partial charge in [-0.25, -0.2) is 13.4 Å². The molecule has 0 radical (unpaired) electrons. The predicted molar refractivity (Wildman–Crippen MR) is 90.8 cm³/mol. The number of nitrogens with zero attached hydrogens (tertiary/aromatic N) is 2. The molecule has 0 aromatic carbocycles. The highest BCUT2D eigenvalue weighted by Crippen LogP contribution is 2.17. The lowest BCUT2D eigenvalue weighted by Crippen LogP contribution is -2.33. The minimum Gasteiger partial charge on any atom is -0.351 e. The number of sulfone groups is 1. The van der Waals surface area contributed by atoms with E-state index < -0.39 is 9.84 Å². The van der Waals surface area contributed by atoms with Crippen molar-refractivity contribution in [2.75, 3.05) is 25.9 Å². The normalized spacial score (nSPS) is 18.6. The van der Waals surface area contributed by atoms with Crippen molar-refractivity contribution in [3.8, 4) is 0 Å². The first-order valence-electron chi connectivity index (χ1n) is 8.13. The molecule has 2 aromatic rings. The second kappa shape index (κ2) is 6.90. The van der Waals surface area contributed by atoms with Gasteiger partial charge >= 0.3 is 0 Å². The molecule has 3 rings (SSSR count). The van der Waals surface area contributed by atoms with E-state index >= 15 is 0 Å². The highest BCUT2D eigenvalue weighted by atomic mass is 32.2. The molecule has 24 heavy (non-hydrogen) atoms. The summed E-state index contributed by atoms with van der Waals surface area (Å²) in [6.07, 6.45) is 5.94. The molecular weight excluding hydrogens is 328 g/mol. The van der Waals surface area contributed by atoms with Gasteiger partial charge in [0.15, 0.2) is 5.69 Å². The standard InChI is InChI=1S/C16H22N4O3S/c1-24(22,23)16-19-14(13-6-2-3-10-20(13)16)15(21)18-9-7-12-5-4-8-17-11-12/h2-3,6,10,12,17H,4-5,7-9,11H2,1H3,(H,18,21). The first-order chi connectivity index (χ1) is 11.5. The largest absolute Gasteiger partial charge is 0.351 e. The first kappa shape index (κ1) is 16.9. The van der Waals surface area contributed by atoms with E-state index in [1.54, 1.807) is 24.4 Å². The summed E-state index contributed by atoms with van der Waals surface area (Å²) in [6.45, 7) is 2.62. The van der Waals surface area contributed by atoms with Gasteiger partial charge in [0.25, 0.3) is 5.91 Å². The zero-order valence-corrected chi connectivity index (χ0v) is 14.5. The molecule has 1 unspecified atom stereocenters. The van der Waals surface area contributed by atoms with E-state index in [1.807, 2.05) is 0 Å². The summed E-state index contributed by atoms with van der Waals surface area (Å²) < 4.78 is 25.2. The second-order valence-corrected chi connectivity index (χ2v) is 8.14. The van der Waals surface area contributed by atoms with Crippen molar-refractivity contribution < 1.29 is 13.2 Å². The molecule has 1 aliphatic rings. The van der Waals surface area contributed by atoms with Crippen molar-refractivity contribution in [3.05, 3.63) is 30.1 Å². The number of hydrogen-bond donors (Lipinski definition) is 2. The van der Waals surface area contributed by atoms with Crippen LogP contribution in [0.3, 0.4) is 0 Å². The lowest BCUT2D eigenvalue weighted by Gasteiger charge is -2.22. The lowest BCUT2D eigenvalue weighted by atomic mass is 9.96. The van der Waals surface area contributed by atoms with Gasteiger partial charge in [-0.05, 0) is 50.4 Å². The molecule has 1 aliphatic heterocycles. The average Bonchev–Trinajstić information content (AvgIpc) is 2.96. The quantitative estimate of drug-likeness (QED) is 0.834. The summed E-state index contributed by atoms with van der Waals surface area (Å²) in [6, 6.07) is 5.16. The Kier molecular flexibility index (Phi) is 4.86. The second-order valence-electron chi connectivity index (χ2n) is 6.23. The van der Waals surface area contributed by atoms with E-state index in [4.69, 9.17) is 0 Å². The summed E-state index contributed by atoms with van der Waals surface area (Å²) in [4.78, 5) is 16.5. The van der Waals surface area contributed by atoms with Gasteiger partial charge in [0.05, 0.1) is 5.52 Å². The van der Waals surface area contributed by atoms with Crippen molar-refractivity contribution >= 4 is 21.3 Å². The molecule has 8 heteroatoms. The molecule has 3 heterocycles. The van der Waals surface area contributed by atoms with Crippen LogP contribution in [0.4, 0.5) is 0 Å². The molecule has 130 valence electrons. The molecule has 7 nitrogen and oxygen atoms in total. The number of nitrogens with one attached hydrogen (secondary N) is 2. The fourth-order valence-corrected chi connectivity index (χ4v) is 3.86. The fourth-order valence-electron chi connectivity index (χ4n) is 3.08. The van der Waals surface area contributed by atoms with Crippen LogP contribution >= 0.6 is 0 Å². The Morgan fingerprint density at radius 1 is 1.46 bits per heavy atom. The fraction of sp³-hybridized carbons (Fsp3) is 0.500. The number of piperidine rings is 1. The number of rotatable bonds is 5. The van der Waals surface area contributed by atoms with Crippen LogP contribution in [0.25, 0.3) is 5.52 Å². The number of carbonyl (C=O) groups excluding carboxylic acids is 1. The maximum Gasteiger partial charge on any atom is 0.272 e. The Balaban J connectivity index is 1.75. The van der Waals surface area contributed by atoms with Gasteiger partial charge in [0.1, 0.15) is 0 Å². The Bertz CT molecular complexity index is 838. The Morgan fingerprint density at radius 3 is 3.00 bits per heavy atom. The van der Waals surface area contributed by atoms with Crippen molar-refractivity contribution in [1.29, 1.82) is 0 Å². The van der Waals surface area contributed by atoms with Gasteiger partial charge in [0, 0.05) is 19.0 Å². The number of imidazole rings is 1. The summed E-state index contributed by atoms with van der Waals surface area (Å²) in [7, 11) is -3.52. The van der Waals surface area contributed by atoms with Gasteiger partial charge in [-0.3, -0.25) is 9.20 Å². The first-order valence-corrected chi connectivity index (χ1v) is 10.0. The minimum absolute atomic E-state index is 0.111. The zero-order valence-electron chi connectivity index (χ0n) is 13.7. The van der Waals surface area contributed by atoms with Crippen LogP contribution in [-0.2, 0) is 9.84 Å². The van der Waals surface area contributed by atoms with Crippen LogP contribution in [0, 0.1) is 5.92 Å². The molecule has 0 bridgehead atoms. The van der Waals surface area contributed by atoms with Crippen LogP contribution in [0.15, 0.2) is 29.6 Å². The Hall–Kier alpha value is -1.93. The number of amides is 1. The minimum atomic E-state index is -3.52. The number of carbonyl (C=O) groups is 1. The molecular formula is C16H22N4O3S. The molecule has 2 N–H and O–H groups in total. The van der Waals surface area contributed by atoms with Crippen molar-refractivity contribution in [2.24, 2.45) is 5.92 Å². The molecule has 1 amide bonds. The van der Waals surface area contributed by atoms with Crippen molar-refractivity contribution in [2.45, 2.75) is 24.4 Å². The van der Waals surface area contributed by atoms with E-state index in [2.05, 4.69) is 15.6 Å². The smallest absolute Gasteiger partial charge is 0.272 e. The number of fused-ring (bicyclic) bond motifs is 1. The SMILES string of the molecule is CS(=O)(=O)c1nc(C(=O)NCCC2CCCNC2)c2ccccn12. The van der Waals surface area contributed by atoms with Gasteiger partial charge in [0.2, 0.25) is 15.0 Å². The molecule has 0 spiro atoms. The molecule has 0 saturated carbocycles. The number of aromatic nitrogens is 2. The van der Waals surface area contributed by atoms with Gasteiger partial charge in [-0.2, -0.15) is 0 Å². The van der Waals surface area contributed by atoms with Crippen LogP contribution < -0.4 is 10.6 Å². The third-order valence-corrected chi connectivity index (χ3v) is 5.25. The van der Waals surface area contributed by atoms with E-state index in [0.29, 0.717) is 18.0 Å². The van der Waals surface area contributed by atoms with Gasteiger partial charge in [-0.15, -0.1) is 0 Å². The van der Waals surface area contributed by atoms with Gasteiger partial charge in [-0.1, -0.05) is 6.07 Å². The van der Waals surface area contributed by atoms with Gasteiger partial charge < -0.3 is 10.6 Å². The molecule has 1 fully saturated rings. The maximum atomic E-state index is 12.4. The van der Waals surface area contributed by atoms with E-state index in [1.165, 1.54) is 17.2 Å². The predicted octanol–water partition coefficient (Wildman–Crippen LogP) is 0.857. The number of pyridine rings is 1. The van der Waals surface area contributed by atoms with Crippen LogP contribution in [0.5, 0.6) is 0 Å². The molecule has 2 aromatic heterocycles. The third kappa shape index (κ3) is 3.59. The summed E-state index contributed by atoms with van der Waals surface area (Å²) in [5.41, 5.74) is 0.646. The van der Waals surface area contributed by atoms with Crippen LogP contribution in [-0.4, -0.2) is 49.6 Å². The van der Waals surface area contributed by atoms with Crippen molar-refractivity contribution in [3.63, 3.8) is 0 Å². The molecule has 1 saturated heterocycles. The maximum absolute atomic E-state index is 12.4. The Labute approximate surface area is 141 Å². The van der Waals surface area contributed by atoms with Crippen LogP contribution in [0.2, 0.25) is 0 Å².